The molecule has 1 unspecified atom stereocenters. The molecule has 0 bridgehead atoms. The molecule has 0 saturated carbocycles. The largest absolute Gasteiger partial charge is 0.384 e. The molecular formula is C16H25BrN2. The van der Waals surface area contributed by atoms with Gasteiger partial charge in [-0.2, -0.15) is 0 Å². The van der Waals surface area contributed by atoms with E-state index in [-0.39, 0.29) is 0 Å². The second-order valence-corrected chi connectivity index (χ2v) is 6.40. The molecule has 3 heteroatoms. The average Bonchev–Trinajstić information content (AvgIpc) is 2.64. The number of nitrogens with zero attached hydrogens (tertiary/aromatic N) is 1. The third kappa shape index (κ3) is 5.15. The predicted octanol–water partition coefficient (Wildman–Crippen LogP) is 4.37. The summed E-state index contributed by atoms with van der Waals surface area (Å²) in [6.45, 7) is 7.07. The zero-order valence-electron chi connectivity index (χ0n) is 11.9. The van der Waals surface area contributed by atoms with Crippen molar-refractivity contribution in [1.29, 1.82) is 0 Å². The highest BCUT2D eigenvalue weighted by atomic mass is 79.9. The van der Waals surface area contributed by atoms with Gasteiger partial charge in [-0.25, -0.2) is 0 Å². The van der Waals surface area contributed by atoms with Gasteiger partial charge in [0.15, 0.2) is 0 Å². The van der Waals surface area contributed by atoms with E-state index in [4.69, 9.17) is 0 Å². The van der Waals surface area contributed by atoms with Crippen molar-refractivity contribution in [3.05, 3.63) is 28.7 Å². The Morgan fingerprint density at radius 3 is 3.00 bits per heavy atom. The lowest BCUT2D eigenvalue weighted by Crippen LogP contribution is -2.30. The molecule has 1 fully saturated rings. The lowest BCUT2D eigenvalue weighted by atomic mass is 9.98. The number of halogens is 1. The highest BCUT2D eigenvalue weighted by Crippen LogP contribution is 2.20. The normalized spacial score (nSPS) is 21.1. The molecule has 1 aliphatic heterocycles. The quantitative estimate of drug-likeness (QED) is 0.865. The van der Waals surface area contributed by atoms with Gasteiger partial charge in [0.2, 0.25) is 0 Å². The number of rotatable bonds is 5. The van der Waals surface area contributed by atoms with Crippen LogP contribution in [-0.2, 0) is 0 Å². The maximum atomic E-state index is 3.51. The Hall–Kier alpha value is -0.540. The van der Waals surface area contributed by atoms with Crippen LogP contribution in [0.15, 0.2) is 28.7 Å². The van der Waals surface area contributed by atoms with Crippen molar-refractivity contribution in [2.24, 2.45) is 5.92 Å². The molecule has 106 valence electrons. The molecule has 0 radical (unpaired) electrons. The zero-order chi connectivity index (χ0) is 13.5. The van der Waals surface area contributed by atoms with Crippen molar-refractivity contribution in [1.82, 2.24) is 4.90 Å². The second kappa shape index (κ2) is 7.91. The number of anilines is 1. The third-order valence-electron chi connectivity index (χ3n) is 4.10. The Morgan fingerprint density at radius 2 is 2.21 bits per heavy atom. The lowest BCUT2D eigenvalue weighted by Gasteiger charge is -2.20. The van der Waals surface area contributed by atoms with E-state index in [9.17, 15) is 0 Å². The first kappa shape index (κ1) is 14.9. The number of hydrogen-bond acceptors (Lipinski definition) is 2. The Morgan fingerprint density at radius 1 is 1.32 bits per heavy atom. The molecule has 1 N–H and O–H groups in total. The van der Waals surface area contributed by atoms with Crippen LogP contribution in [0.1, 0.15) is 32.6 Å². The smallest absolute Gasteiger partial charge is 0.0351 e. The molecule has 1 atom stereocenters. The first-order chi connectivity index (χ1) is 9.28. The van der Waals surface area contributed by atoms with E-state index in [2.05, 4.69) is 57.3 Å². The maximum absolute atomic E-state index is 3.51. The Bertz CT molecular complexity index is 381. The molecule has 19 heavy (non-hydrogen) atoms. The van der Waals surface area contributed by atoms with Crippen LogP contribution in [0.3, 0.4) is 0 Å². The minimum absolute atomic E-state index is 0.961. The fourth-order valence-electron chi connectivity index (χ4n) is 2.81. The molecule has 0 aromatic heterocycles. The predicted molar refractivity (Wildman–Crippen MR) is 86.7 cm³/mol. The fourth-order valence-corrected chi connectivity index (χ4v) is 3.21. The van der Waals surface area contributed by atoms with Crippen LogP contribution in [0.4, 0.5) is 5.69 Å². The summed E-state index contributed by atoms with van der Waals surface area (Å²) in [5.41, 5.74) is 1.20. The molecule has 2 nitrogen and oxygen atoms in total. The second-order valence-electron chi connectivity index (χ2n) is 5.48. The average molecular weight is 325 g/mol. The van der Waals surface area contributed by atoms with Crippen LogP contribution in [0.5, 0.6) is 0 Å². The van der Waals surface area contributed by atoms with Crippen LogP contribution < -0.4 is 5.32 Å². The summed E-state index contributed by atoms with van der Waals surface area (Å²) in [7, 11) is 0. The molecule has 1 heterocycles. The monoisotopic (exact) mass is 324 g/mol. The van der Waals surface area contributed by atoms with Gasteiger partial charge in [-0.05, 0) is 56.5 Å². The minimum Gasteiger partial charge on any atom is -0.384 e. The summed E-state index contributed by atoms with van der Waals surface area (Å²) in [5, 5.41) is 3.51. The SMILES string of the molecule is CCC1CCCN(CCNc2cccc(Br)c2)CC1. The molecular weight excluding hydrogens is 300 g/mol. The first-order valence-electron chi connectivity index (χ1n) is 7.49. The van der Waals surface area contributed by atoms with Gasteiger partial charge >= 0.3 is 0 Å². The van der Waals surface area contributed by atoms with Crippen LogP contribution >= 0.6 is 15.9 Å². The van der Waals surface area contributed by atoms with E-state index >= 15 is 0 Å². The summed E-state index contributed by atoms with van der Waals surface area (Å²) in [6, 6.07) is 8.39. The molecule has 1 saturated heterocycles. The van der Waals surface area contributed by atoms with Crippen molar-refractivity contribution < 1.29 is 0 Å². The van der Waals surface area contributed by atoms with Crippen LogP contribution in [0.25, 0.3) is 0 Å². The lowest BCUT2D eigenvalue weighted by molar-refractivity contribution is 0.290. The van der Waals surface area contributed by atoms with E-state index in [0.717, 1.165) is 23.5 Å². The Balaban J connectivity index is 1.70. The van der Waals surface area contributed by atoms with Crippen molar-refractivity contribution >= 4 is 21.6 Å². The van der Waals surface area contributed by atoms with Crippen molar-refractivity contribution in [2.75, 3.05) is 31.5 Å². The first-order valence-corrected chi connectivity index (χ1v) is 8.29. The Kier molecular flexibility index (Phi) is 6.18. The Labute approximate surface area is 125 Å². The maximum Gasteiger partial charge on any atom is 0.0351 e. The molecule has 1 aromatic rings. The van der Waals surface area contributed by atoms with Crippen molar-refractivity contribution in [2.45, 2.75) is 32.6 Å². The van der Waals surface area contributed by atoms with Gasteiger partial charge < -0.3 is 10.2 Å². The molecule has 2 rings (SSSR count). The van der Waals surface area contributed by atoms with Gasteiger partial charge in [-0.3, -0.25) is 0 Å². The van der Waals surface area contributed by atoms with Gasteiger partial charge in [0.05, 0.1) is 0 Å². The number of benzene rings is 1. The summed E-state index contributed by atoms with van der Waals surface area (Å²) in [5.74, 6) is 0.961. The van der Waals surface area contributed by atoms with E-state index in [1.807, 2.05) is 0 Å². The van der Waals surface area contributed by atoms with E-state index in [0.29, 0.717) is 0 Å². The highest BCUT2D eigenvalue weighted by molar-refractivity contribution is 9.10. The van der Waals surface area contributed by atoms with Gasteiger partial charge in [0.25, 0.3) is 0 Å². The van der Waals surface area contributed by atoms with E-state index in [1.54, 1.807) is 0 Å². The summed E-state index contributed by atoms with van der Waals surface area (Å²) < 4.78 is 1.14. The highest BCUT2D eigenvalue weighted by Gasteiger charge is 2.14. The topological polar surface area (TPSA) is 15.3 Å². The molecule has 1 aromatic carbocycles. The van der Waals surface area contributed by atoms with E-state index in [1.165, 1.54) is 44.5 Å². The van der Waals surface area contributed by atoms with Gasteiger partial charge in [0.1, 0.15) is 0 Å². The van der Waals surface area contributed by atoms with Gasteiger partial charge in [-0.1, -0.05) is 35.3 Å². The summed E-state index contributed by atoms with van der Waals surface area (Å²) in [6.07, 6.45) is 5.53. The van der Waals surface area contributed by atoms with Gasteiger partial charge in [-0.15, -0.1) is 0 Å². The number of likely N-dealkylation sites (tertiary alicyclic amines) is 1. The molecule has 1 aliphatic rings. The van der Waals surface area contributed by atoms with Crippen LogP contribution in [0, 0.1) is 5.92 Å². The van der Waals surface area contributed by atoms with Crippen molar-refractivity contribution in [3.63, 3.8) is 0 Å². The third-order valence-corrected chi connectivity index (χ3v) is 4.59. The van der Waals surface area contributed by atoms with Gasteiger partial charge in [0, 0.05) is 23.2 Å². The number of hydrogen-bond donors (Lipinski definition) is 1. The standard InChI is InChI=1S/C16H25BrN2/c1-2-14-5-4-10-19(11-8-14)12-9-18-16-7-3-6-15(17)13-16/h3,6-7,13-14,18H,2,4-5,8-12H2,1H3. The van der Waals surface area contributed by atoms with Crippen molar-refractivity contribution in [3.8, 4) is 0 Å². The summed E-state index contributed by atoms with van der Waals surface area (Å²) >= 11 is 3.51. The fraction of sp³-hybridized carbons (Fsp3) is 0.625. The summed E-state index contributed by atoms with van der Waals surface area (Å²) in [4.78, 5) is 2.61. The minimum atomic E-state index is 0.961. The van der Waals surface area contributed by atoms with Crippen LogP contribution in [-0.4, -0.2) is 31.1 Å². The van der Waals surface area contributed by atoms with E-state index < -0.39 is 0 Å². The molecule has 0 amide bonds. The number of nitrogens with one attached hydrogen (secondary N) is 1. The molecule has 0 aliphatic carbocycles. The van der Waals surface area contributed by atoms with Crippen LogP contribution in [0.2, 0.25) is 0 Å². The zero-order valence-corrected chi connectivity index (χ0v) is 13.5. The molecule has 0 spiro atoms.